The number of nitrogens with zero attached hydrogens (tertiary/aromatic N) is 4. The van der Waals surface area contributed by atoms with Crippen LogP contribution in [0.3, 0.4) is 0 Å². The van der Waals surface area contributed by atoms with Crippen LogP contribution in [-0.2, 0) is 0 Å². The summed E-state index contributed by atoms with van der Waals surface area (Å²) >= 11 is 1.74. The maximum Gasteiger partial charge on any atom is 0.254 e. The number of benzene rings is 3. The highest BCUT2D eigenvalue weighted by Gasteiger charge is 2.26. The van der Waals surface area contributed by atoms with Gasteiger partial charge in [0.1, 0.15) is 0 Å². The number of anilines is 1. The van der Waals surface area contributed by atoms with Crippen LogP contribution in [0.1, 0.15) is 21.5 Å². The Labute approximate surface area is 208 Å². The molecule has 0 aliphatic carbocycles. The molecule has 0 radical (unpaired) electrons. The van der Waals surface area contributed by atoms with E-state index in [4.69, 9.17) is 9.97 Å². The maximum atomic E-state index is 13.7. The van der Waals surface area contributed by atoms with Crippen molar-refractivity contribution in [2.45, 2.75) is 13.8 Å². The predicted octanol–water partition coefficient (Wildman–Crippen LogP) is 6.09. The molecule has 6 rings (SSSR count). The summed E-state index contributed by atoms with van der Waals surface area (Å²) in [6.45, 7) is 7.14. The van der Waals surface area contributed by atoms with Crippen LogP contribution in [0, 0.1) is 13.8 Å². The third-order valence-electron chi connectivity index (χ3n) is 6.67. The average Bonchev–Trinajstić information content (AvgIpc) is 3.33. The van der Waals surface area contributed by atoms with Crippen molar-refractivity contribution in [3.63, 3.8) is 0 Å². The number of fused-ring (bicyclic) bond motifs is 2. The van der Waals surface area contributed by atoms with Crippen LogP contribution in [0.4, 0.5) is 5.13 Å². The Balaban J connectivity index is 1.27. The molecule has 0 N–H and O–H groups in total. The SMILES string of the molecule is Cc1cc(C)c2nc(N3CCN(C(=O)c4cc(-c5ccccc5)nc5ccccc45)CC3)sc2c1. The van der Waals surface area contributed by atoms with Crippen molar-refractivity contribution >= 4 is 43.5 Å². The Hall–Kier alpha value is -3.77. The Morgan fingerprint density at radius 2 is 1.60 bits per heavy atom. The summed E-state index contributed by atoms with van der Waals surface area (Å²) in [5.74, 6) is 0.0659. The van der Waals surface area contributed by atoms with E-state index in [-0.39, 0.29) is 5.91 Å². The Kier molecular flexibility index (Phi) is 5.46. The molecule has 6 heteroatoms. The number of pyridine rings is 1. The zero-order valence-electron chi connectivity index (χ0n) is 19.9. The smallest absolute Gasteiger partial charge is 0.254 e. The molecular formula is C29H26N4OS. The number of amides is 1. The van der Waals surface area contributed by atoms with Crippen molar-refractivity contribution in [2.75, 3.05) is 31.1 Å². The van der Waals surface area contributed by atoms with Gasteiger partial charge in [-0.1, -0.05) is 65.9 Å². The predicted molar refractivity (Wildman–Crippen MR) is 144 cm³/mol. The first kappa shape index (κ1) is 21.7. The molecule has 1 saturated heterocycles. The summed E-state index contributed by atoms with van der Waals surface area (Å²) < 4.78 is 1.23. The van der Waals surface area contributed by atoms with Crippen LogP contribution in [0.15, 0.2) is 72.8 Å². The topological polar surface area (TPSA) is 49.3 Å². The molecule has 3 aromatic carbocycles. The molecule has 1 amide bonds. The normalized spacial score (nSPS) is 14.1. The van der Waals surface area contributed by atoms with Gasteiger partial charge >= 0.3 is 0 Å². The van der Waals surface area contributed by atoms with Gasteiger partial charge in [0.05, 0.1) is 27.0 Å². The summed E-state index contributed by atoms with van der Waals surface area (Å²) in [5, 5.41) is 1.94. The number of aryl methyl sites for hydroxylation is 2. The minimum Gasteiger partial charge on any atom is -0.345 e. The second kappa shape index (κ2) is 8.78. The van der Waals surface area contributed by atoms with E-state index in [1.807, 2.05) is 65.6 Å². The van der Waals surface area contributed by atoms with E-state index in [1.54, 1.807) is 11.3 Å². The molecule has 2 aromatic heterocycles. The van der Waals surface area contributed by atoms with Crippen molar-refractivity contribution < 1.29 is 4.79 Å². The molecule has 0 saturated carbocycles. The molecule has 5 aromatic rings. The monoisotopic (exact) mass is 478 g/mol. The highest BCUT2D eigenvalue weighted by molar-refractivity contribution is 7.22. The summed E-state index contributed by atoms with van der Waals surface area (Å²) in [5.41, 5.74) is 6.97. The second-order valence-corrected chi connectivity index (χ2v) is 10.2. The molecule has 3 heterocycles. The minimum absolute atomic E-state index is 0.0659. The van der Waals surface area contributed by atoms with Crippen molar-refractivity contribution in [1.29, 1.82) is 0 Å². The highest BCUT2D eigenvalue weighted by atomic mass is 32.1. The third kappa shape index (κ3) is 4.04. The first-order chi connectivity index (χ1) is 17.1. The Morgan fingerprint density at radius 3 is 2.40 bits per heavy atom. The summed E-state index contributed by atoms with van der Waals surface area (Å²) in [7, 11) is 0. The van der Waals surface area contributed by atoms with Gasteiger partial charge in [0.2, 0.25) is 0 Å². The van der Waals surface area contributed by atoms with Crippen molar-refractivity contribution in [2.24, 2.45) is 0 Å². The van der Waals surface area contributed by atoms with Crippen LogP contribution in [0.25, 0.3) is 32.4 Å². The molecule has 5 nitrogen and oxygen atoms in total. The lowest BCUT2D eigenvalue weighted by Crippen LogP contribution is -2.48. The molecule has 0 spiro atoms. The van der Waals surface area contributed by atoms with Gasteiger partial charge in [-0.2, -0.15) is 0 Å². The van der Waals surface area contributed by atoms with E-state index in [2.05, 4.69) is 30.9 Å². The Morgan fingerprint density at radius 1 is 0.857 bits per heavy atom. The number of rotatable bonds is 3. The van der Waals surface area contributed by atoms with E-state index in [1.165, 1.54) is 15.8 Å². The van der Waals surface area contributed by atoms with E-state index in [9.17, 15) is 4.79 Å². The van der Waals surface area contributed by atoms with Crippen LogP contribution >= 0.6 is 11.3 Å². The number of para-hydroxylation sites is 1. The van der Waals surface area contributed by atoms with Gasteiger partial charge in [-0.25, -0.2) is 9.97 Å². The molecular weight excluding hydrogens is 452 g/mol. The standard InChI is InChI=1S/C29H26N4OS/c1-19-16-20(2)27-26(17-19)35-29(31-27)33-14-12-32(13-15-33)28(34)23-18-25(21-8-4-3-5-9-21)30-24-11-7-6-10-22(23)24/h3-11,16-18H,12-15H2,1-2H3. The number of aromatic nitrogens is 2. The number of hydrogen-bond donors (Lipinski definition) is 0. The number of hydrogen-bond acceptors (Lipinski definition) is 5. The summed E-state index contributed by atoms with van der Waals surface area (Å²) in [6, 6.07) is 24.3. The molecule has 35 heavy (non-hydrogen) atoms. The first-order valence-corrected chi connectivity index (χ1v) is 12.8. The lowest BCUT2D eigenvalue weighted by Gasteiger charge is -2.34. The number of piperazine rings is 1. The zero-order valence-corrected chi connectivity index (χ0v) is 20.7. The molecule has 0 bridgehead atoms. The lowest BCUT2D eigenvalue weighted by molar-refractivity contribution is 0.0748. The molecule has 1 aliphatic rings. The molecule has 0 unspecified atom stereocenters. The van der Waals surface area contributed by atoms with E-state index in [0.29, 0.717) is 18.7 Å². The van der Waals surface area contributed by atoms with Crippen molar-refractivity contribution in [3.05, 3.63) is 89.5 Å². The van der Waals surface area contributed by atoms with Gasteiger partial charge in [0.15, 0.2) is 5.13 Å². The van der Waals surface area contributed by atoms with Gasteiger partial charge in [0, 0.05) is 37.1 Å². The van der Waals surface area contributed by atoms with Crippen LogP contribution in [-0.4, -0.2) is 47.0 Å². The number of carbonyl (C=O) groups is 1. The number of carbonyl (C=O) groups excluding carboxylic acids is 1. The van der Waals surface area contributed by atoms with Gasteiger partial charge < -0.3 is 9.80 Å². The number of thiazole rings is 1. The van der Waals surface area contributed by atoms with E-state index in [0.717, 1.165) is 45.9 Å². The van der Waals surface area contributed by atoms with Crippen molar-refractivity contribution in [3.8, 4) is 11.3 Å². The lowest BCUT2D eigenvalue weighted by atomic mass is 10.0. The van der Waals surface area contributed by atoms with Crippen LogP contribution in [0.2, 0.25) is 0 Å². The van der Waals surface area contributed by atoms with Gasteiger partial charge in [-0.05, 0) is 43.2 Å². The van der Waals surface area contributed by atoms with Crippen LogP contribution < -0.4 is 4.90 Å². The maximum absolute atomic E-state index is 13.7. The molecule has 0 atom stereocenters. The summed E-state index contributed by atoms with van der Waals surface area (Å²) in [6.07, 6.45) is 0. The van der Waals surface area contributed by atoms with E-state index < -0.39 is 0 Å². The minimum atomic E-state index is 0.0659. The third-order valence-corrected chi connectivity index (χ3v) is 7.74. The Bertz CT molecular complexity index is 1550. The fraction of sp³-hybridized carbons (Fsp3) is 0.207. The average molecular weight is 479 g/mol. The van der Waals surface area contributed by atoms with Gasteiger partial charge in [0.25, 0.3) is 5.91 Å². The van der Waals surface area contributed by atoms with Gasteiger partial charge in [-0.3, -0.25) is 4.79 Å². The zero-order chi connectivity index (χ0) is 23.9. The fourth-order valence-electron chi connectivity index (χ4n) is 4.87. The molecule has 174 valence electrons. The van der Waals surface area contributed by atoms with E-state index >= 15 is 0 Å². The first-order valence-electron chi connectivity index (χ1n) is 11.9. The second-order valence-electron chi connectivity index (χ2n) is 9.14. The van der Waals surface area contributed by atoms with Crippen molar-refractivity contribution in [1.82, 2.24) is 14.9 Å². The summed E-state index contributed by atoms with van der Waals surface area (Å²) in [4.78, 5) is 27.8. The largest absolute Gasteiger partial charge is 0.345 e. The molecule has 1 fully saturated rings. The fourth-order valence-corrected chi connectivity index (χ4v) is 6.07. The molecule has 1 aliphatic heterocycles. The quantitative estimate of drug-likeness (QED) is 0.315. The van der Waals surface area contributed by atoms with Crippen LogP contribution in [0.5, 0.6) is 0 Å². The highest BCUT2D eigenvalue weighted by Crippen LogP contribution is 2.32. The van der Waals surface area contributed by atoms with Gasteiger partial charge in [-0.15, -0.1) is 0 Å².